The Morgan fingerprint density at radius 3 is 2.62 bits per heavy atom. The molecule has 116 valence electrons. The molecule has 1 fully saturated rings. The summed E-state index contributed by atoms with van der Waals surface area (Å²) in [7, 11) is 0. The van der Waals surface area contributed by atoms with E-state index >= 15 is 0 Å². The van der Waals surface area contributed by atoms with Crippen LogP contribution in [0.4, 0.5) is 16.2 Å². The normalized spacial score (nSPS) is 22.0. The number of urea groups is 1. The molecule has 2 amide bonds. The van der Waals surface area contributed by atoms with E-state index in [-0.39, 0.29) is 18.2 Å². The summed E-state index contributed by atoms with van der Waals surface area (Å²) >= 11 is 0. The molecule has 0 aromatic heterocycles. The Labute approximate surface area is 126 Å². The van der Waals surface area contributed by atoms with Crippen LogP contribution in [0.3, 0.4) is 0 Å². The van der Waals surface area contributed by atoms with Gasteiger partial charge in [0.1, 0.15) is 0 Å². The van der Waals surface area contributed by atoms with Crippen LogP contribution in [0.15, 0.2) is 24.3 Å². The summed E-state index contributed by atoms with van der Waals surface area (Å²) in [5.74, 6) is 0. The average molecular weight is 291 g/mol. The first-order chi connectivity index (χ1) is 10.1. The Morgan fingerprint density at radius 1 is 1.29 bits per heavy atom. The highest BCUT2D eigenvalue weighted by molar-refractivity contribution is 5.93. The second-order valence-electron chi connectivity index (χ2n) is 5.56. The van der Waals surface area contributed by atoms with Crippen LogP contribution in [0.5, 0.6) is 0 Å². The molecule has 0 saturated carbocycles. The lowest BCUT2D eigenvalue weighted by molar-refractivity contribution is -0.00517. The first-order valence-electron chi connectivity index (χ1n) is 7.64. The van der Waals surface area contributed by atoms with Crippen molar-refractivity contribution >= 4 is 17.4 Å². The molecule has 1 aromatic rings. The zero-order valence-corrected chi connectivity index (χ0v) is 13.1. The minimum absolute atomic E-state index is 0.154. The second kappa shape index (κ2) is 7.31. The molecule has 5 nitrogen and oxygen atoms in total. The lowest BCUT2D eigenvalue weighted by Crippen LogP contribution is -2.45. The maximum Gasteiger partial charge on any atom is 0.319 e. The third kappa shape index (κ3) is 4.36. The van der Waals surface area contributed by atoms with Crippen molar-refractivity contribution < 1.29 is 9.53 Å². The van der Waals surface area contributed by atoms with Gasteiger partial charge < -0.3 is 20.3 Å². The van der Waals surface area contributed by atoms with E-state index in [9.17, 15) is 4.79 Å². The van der Waals surface area contributed by atoms with Gasteiger partial charge in [0.25, 0.3) is 0 Å². The number of nitrogens with one attached hydrogen (secondary N) is 2. The van der Waals surface area contributed by atoms with Gasteiger partial charge in [-0.05, 0) is 32.4 Å². The molecule has 0 aliphatic carbocycles. The number of hydrogen-bond acceptors (Lipinski definition) is 3. The minimum Gasteiger partial charge on any atom is -0.372 e. The van der Waals surface area contributed by atoms with Crippen LogP contribution < -0.4 is 15.5 Å². The number of rotatable bonds is 4. The second-order valence-corrected chi connectivity index (χ2v) is 5.56. The molecule has 1 saturated heterocycles. The van der Waals surface area contributed by atoms with E-state index in [4.69, 9.17) is 4.74 Å². The molecule has 0 spiro atoms. The Morgan fingerprint density at radius 2 is 1.95 bits per heavy atom. The van der Waals surface area contributed by atoms with Gasteiger partial charge in [-0.3, -0.25) is 0 Å². The molecule has 5 heteroatoms. The van der Waals surface area contributed by atoms with Gasteiger partial charge in [-0.1, -0.05) is 19.1 Å². The number of ether oxygens (including phenoxy) is 1. The van der Waals surface area contributed by atoms with Gasteiger partial charge in [0, 0.05) is 19.6 Å². The topological polar surface area (TPSA) is 53.6 Å². The smallest absolute Gasteiger partial charge is 0.319 e. The lowest BCUT2D eigenvalue weighted by Gasteiger charge is -2.37. The van der Waals surface area contributed by atoms with Crippen molar-refractivity contribution in [3.8, 4) is 0 Å². The Balaban J connectivity index is 2.11. The molecule has 2 rings (SSSR count). The zero-order valence-electron chi connectivity index (χ0n) is 13.1. The predicted molar refractivity (Wildman–Crippen MR) is 86.0 cm³/mol. The molecule has 1 heterocycles. The van der Waals surface area contributed by atoms with E-state index in [1.165, 1.54) is 0 Å². The number of hydrogen-bond donors (Lipinski definition) is 2. The van der Waals surface area contributed by atoms with Crippen molar-refractivity contribution in [2.24, 2.45) is 0 Å². The lowest BCUT2D eigenvalue weighted by atomic mass is 10.1. The third-order valence-electron chi connectivity index (χ3n) is 3.45. The van der Waals surface area contributed by atoms with Crippen LogP contribution in [0.1, 0.15) is 27.2 Å². The van der Waals surface area contributed by atoms with Crippen molar-refractivity contribution in [2.75, 3.05) is 29.9 Å². The van der Waals surface area contributed by atoms with Crippen molar-refractivity contribution in [1.82, 2.24) is 5.32 Å². The van der Waals surface area contributed by atoms with Crippen molar-refractivity contribution in [2.45, 2.75) is 39.4 Å². The number of carbonyl (C=O) groups excluding carboxylic acids is 1. The largest absolute Gasteiger partial charge is 0.372 e. The Bertz CT molecular complexity index is 468. The van der Waals surface area contributed by atoms with E-state index in [2.05, 4.69) is 29.4 Å². The van der Waals surface area contributed by atoms with Crippen LogP contribution in [0, 0.1) is 0 Å². The molecule has 0 bridgehead atoms. The summed E-state index contributed by atoms with van der Waals surface area (Å²) in [6, 6.07) is 7.76. The van der Waals surface area contributed by atoms with Crippen molar-refractivity contribution in [3.63, 3.8) is 0 Å². The van der Waals surface area contributed by atoms with Crippen LogP contribution in [-0.2, 0) is 4.74 Å². The van der Waals surface area contributed by atoms with Crippen molar-refractivity contribution in [3.05, 3.63) is 24.3 Å². The van der Waals surface area contributed by atoms with Crippen LogP contribution in [0.25, 0.3) is 0 Å². The molecule has 21 heavy (non-hydrogen) atoms. The number of morpholine rings is 1. The van der Waals surface area contributed by atoms with Gasteiger partial charge in [0.15, 0.2) is 0 Å². The summed E-state index contributed by atoms with van der Waals surface area (Å²) in [5.41, 5.74) is 1.89. The van der Waals surface area contributed by atoms with Gasteiger partial charge in [-0.2, -0.15) is 0 Å². The third-order valence-corrected chi connectivity index (χ3v) is 3.45. The maximum atomic E-state index is 11.9. The number of carbonyl (C=O) groups is 1. The van der Waals surface area contributed by atoms with Crippen LogP contribution >= 0.6 is 0 Å². The van der Waals surface area contributed by atoms with E-state index in [0.717, 1.165) is 30.9 Å². The molecule has 1 aromatic carbocycles. The fourth-order valence-electron chi connectivity index (χ4n) is 2.63. The number of anilines is 2. The van der Waals surface area contributed by atoms with Gasteiger partial charge in [-0.25, -0.2) is 4.79 Å². The van der Waals surface area contributed by atoms with E-state index in [1.54, 1.807) is 0 Å². The molecular weight excluding hydrogens is 266 g/mol. The van der Waals surface area contributed by atoms with Crippen LogP contribution in [-0.4, -0.2) is 37.9 Å². The summed E-state index contributed by atoms with van der Waals surface area (Å²) in [5, 5.41) is 5.78. The summed E-state index contributed by atoms with van der Waals surface area (Å²) in [4.78, 5) is 14.1. The summed E-state index contributed by atoms with van der Waals surface area (Å²) in [6.45, 7) is 8.53. The highest BCUT2D eigenvalue weighted by Gasteiger charge is 2.24. The van der Waals surface area contributed by atoms with Gasteiger partial charge in [0.05, 0.1) is 23.6 Å². The monoisotopic (exact) mass is 291 g/mol. The number of amides is 2. The van der Waals surface area contributed by atoms with Gasteiger partial charge in [-0.15, -0.1) is 0 Å². The molecule has 2 N–H and O–H groups in total. The van der Waals surface area contributed by atoms with E-state index in [0.29, 0.717) is 6.54 Å². The molecule has 2 atom stereocenters. The van der Waals surface area contributed by atoms with Crippen LogP contribution in [0.2, 0.25) is 0 Å². The SMILES string of the molecule is CCCNC(=O)Nc1ccccc1N1C[C@H](C)O[C@@H](C)C1. The highest BCUT2D eigenvalue weighted by atomic mass is 16.5. The summed E-state index contributed by atoms with van der Waals surface area (Å²) < 4.78 is 5.77. The minimum atomic E-state index is -0.154. The van der Waals surface area contributed by atoms with Crippen molar-refractivity contribution in [1.29, 1.82) is 0 Å². The molecule has 0 unspecified atom stereocenters. The highest BCUT2D eigenvalue weighted by Crippen LogP contribution is 2.28. The standard InChI is InChI=1S/C16H25N3O2/c1-4-9-17-16(20)18-14-7-5-6-8-15(14)19-10-12(2)21-13(3)11-19/h5-8,12-13H,4,9-11H2,1-3H3,(H2,17,18,20)/t12-,13-/m0/s1. The Hall–Kier alpha value is -1.75. The molecule has 0 radical (unpaired) electrons. The average Bonchev–Trinajstić information content (AvgIpc) is 2.44. The Kier molecular flexibility index (Phi) is 5.44. The summed E-state index contributed by atoms with van der Waals surface area (Å²) in [6.07, 6.45) is 1.31. The fraction of sp³-hybridized carbons (Fsp3) is 0.562. The van der Waals surface area contributed by atoms with E-state index < -0.39 is 0 Å². The predicted octanol–water partition coefficient (Wildman–Crippen LogP) is 2.83. The van der Waals surface area contributed by atoms with E-state index in [1.807, 2.05) is 31.2 Å². The number of para-hydroxylation sites is 2. The molecule has 1 aliphatic rings. The first-order valence-corrected chi connectivity index (χ1v) is 7.64. The number of benzene rings is 1. The fourth-order valence-corrected chi connectivity index (χ4v) is 2.63. The first kappa shape index (κ1) is 15.6. The van der Waals surface area contributed by atoms with Gasteiger partial charge in [0.2, 0.25) is 0 Å². The zero-order chi connectivity index (χ0) is 15.2. The molecule has 1 aliphatic heterocycles. The number of nitrogens with zero attached hydrogens (tertiary/aromatic N) is 1. The van der Waals surface area contributed by atoms with Gasteiger partial charge >= 0.3 is 6.03 Å². The quantitative estimate of drug-likeness (QED) is 0.897. The molecular formula is C16H25N3O2. The maximum absolute atomic E-state index is 11.9.